The van der Waals surface area contributed by atoms with Crippen LogP contribution in [0.5, 0.6) is 0 Å². The second-order valence-corrected chi connectivity index (χ2v) is 8.66. The van der Waals surface area contributed by atoms with E-state index in [9.17, 15) is 14.4 Å². The third-order valence-corrected chi connectivity index (χ3v) is 6.57. The van der Waals surface area contributed by atoms with Crippen LogP contribution in [0.15, 0.2) is 9.95 Å². The molecule has 2 heterocycles. The summed E-state index contributed by atoms with van der Waals surface area (Å²) in [5.41, 5.74) is 1.02. The number of aryl methyl sites for hydroxylation is 1. The van der Waals surface area contributed by atoms with Crippen molar-refractivity contribution < 1.29 is 9.59 Å². The van der Waals surface area contributed by atoms with Crippen molar-refractivity contribution >= 4 is 45.1 Å². The van der Waals surface area contributed by atoms with Gasteiger partial charge in [-0.05, 0) is 30.7 Å². The number of aromatic amines is 1. The van der Waals surface area contributed by atoms with Crippen LogP contribution in [0.3, 0.4) is 0 Å². The van der Waals surface area contributed by atoms with Crippen LogP contribution >= 0.6 is 23.1 Å². The molecule has 2 aromatic rings. The zero-order valence-electron chi connectivity index (χ0n) is 15.0. The highest BCUT2D eigenvalue weighted by atomic mass is 32.2. The first-order chi connectivity index (χ1) is 12.4. The number of amides is 2. The molecule has 1 aliphatic carbocycles. The molecule has 26 heavy (non-hydrogen) atoms. The lowest BCUT2D eigenvalue weighted by atomic mass is 9.89. The summed E-state index contributed by atoms with van der Waals surface area (Å²) >= 11 is 2.78. The number of nitrogens with zero attached hydrogens (tertiary/aromatic N) is 2. The molecule has 0 aromatic carbocycles. The van der Waals surface area contributed by atoms with E-state index in [1.165, 1.54) is 28.6 Å². The number of hydrogen-bond donors (Lipinski definition) is 2. The summed E-state index contributed by atoms with van der Waals surface area (Å²) in [4.78, 5) is 46.7. The standard InChI is InChI=1S/C17H22N4O3S2/c1-9-4-5-10-11(6-9)26-16-14(10)15(24)19-17(20-16)25-8-13(23)21(3)7-12(22)18-2/h9H,4-8H2,1-3H3,(H,18,22)(H,19,20,24)/t9-/m1/s1. The molecule has 2 amide bonds. The third-order valence-electron chi connectivity index (χ3n) is 4.56. The minimum absolute atomic E-state index is 0.00864. The highest BCUT2D eigenvalue weighted by Gasteiger charge is 2.23. The number of hydrogen-bond acceptors (Lipinski definition) is 6. The van der Waals surface area contributed by atoms with Crippen LogP contribution in [0.25, 0.3) is 10.2 Å². The van der Waals surface area contributed by atoms with E-state index in [0.717, 1.165) is 29.7 Å². The van der Waals surface area contributed by atoms with Gasteiger partial charge in [-0.25, -0.2) is 4.98 Å². The number of carbonyl (C=O) groups is 2. The highest BCUT2D eigenvalue weighted by Crippen LogP contribution is 2.36. The van der Waals surface area contributed by atoms with Gasteiger partial charge < -0.3 is 15.2 Å². The maximum Gasteiger partial charge on any atom is 0.260 e. The number of H-pyrrole nitrogens is 1. The number of nitrogens with one attached hydrogen (secondary N) is 2. The molecular formula is C17H22N4O3S2. The summed E-state index contributed by atoms with van der Waals surface area (Å²) in [6.45, 7) is 2.24. The van der Waals surface area contributed by atoms with Crippen molar-refractivity contribution in [3.8, 4) is 0 Å². The monoisotopic (exact) mass is 394 g/mol. The van der Waals surface area contributed by atoms with E-state index in [1.54, 1.807) is 18.4 Å². The molecule has 1 aliphatic rings. The van der Waals surface area contributed by atoms with Crippen molar-refractivity contribution in [2.45, 2.75) is 31.3 Å². The normalized spacial score (nSPS) is 16.3. The summed E-state index contributed by atoms with van der Waals surface area (Å²) in [5, 5.41) is 3.63. The van der Waals surface area contributed by atoms with Gasteiger partial charge in [0.25, 0.3) is 5.56 Å². The number of thioether (sulfide) groups is 1. The Balaban J connectivity index is 1.74. The molecule has 7 nitrogen and oxygen atoms in total. The molecule has 3 rings (SSSR count). The quantitative estimate of drug-likeness (QED) is 0.591. The Kier molecular flexibility index (Phi) is 5.67. The Morgan fingerprint density at radius 1 is 1.46 bits per heavy atom. The summed E-state index contributed by atoms with van der Waals surface area (Å²) in [6, 6.07) is 0. The second-order valence-electron chi connectivity index (χ2n) is 6.61. The van der Waals surface area contributed by atoms with Crippen LogP contribution in [0.1, 0.15) is 23.8 Å². The largest absolute Gasteiger partial charge is 0.358 e. The SMILES string of the molecule is CNC(=O)CN(C)C(=O)CSc1nc2sc3c(c2c(=O)[nH]1)CC[C@@H](C)C3. The van der Waals surface area contributed by atoms with Crippen molar-refractivity contribution in [3.63, 3.8) is 0 Å². The average molecular weight is 395 g/mol. The Hall–Kier alpha value is -1.87. The fourth-order valence-corrected chi connectivity index (χ4v) is 5.26. The van der Waals surface area contributed by atoms with Gasteiger partial charge in [-0.1, -0.05) is 18.7 Å². The predicted octanol–water partition coefficient (Wildman–Crippen LogP) is 1.41. The first-order valence-corrected chi connectivity index (χ1v) is 10.3. The van der Waals surface area contributed by atoms with E-state index >= 15 is 0 Å². The molecule has 2 aromatic heterocycles. The summed E-state index contributed by atoms with van der Waals surface area (Å²) in [7, 11) is 3.10. The minimum atomic E-state index is -0.225. The Bertz CT molecular complexity index is 905. The van der Waals surface area contributed by atoms with E-state index in [2.05, 4.69) is 22.2 Å². The topological polar surface area (TPSA) is 95.2 Å². The molecule has 1 atom stereocenters. The van der Waals surface area contributed by atoms with Crippen LogP contribution in [0.2, 0.25) is 0 Å². The molecule has 0 unspecified atom stereocenters. The van der Waals surface area contributed by atoms with E-state index in [-0.39, 0.29) is 29.7 Å². The molecule has 0 radical (unpaired) electrons. The molecular weight excluding hydrogens is 372 g/mol. The van der Waals surface area contributed by atoms with E-state index in [4.69, 9.17) is 0 Å². The van der Waals surface area contributed by atoms with Crippen LogP contribution in [0, 0.1) is 5.92 Å². The van der Waals surface area contributed by atoms with E-state index in [1.807, 2.05) is 0 Å². The highest BCUT2D eigenvalue weighted by molar-refractivity contribution is 7.99. The van der Waals surface area contributed by atoms with Gasteiger partial charge in [-0.15, -0.1) is 11.3 Å². The summed E-state index contributed by atoms with van der Waals surface area (Å²) in [6.07, 6.45) is 3.03. The number of aromatic nitrogens is 2. The van der Waals surface area contributed by atoms with Crippen LogP contribution in [0.4, 0.5) is 0 Å². The second kappa shape index (κ2) is 7.79. The van der Waals surface area contributed by atoms with Crippen molar-refractivity contribution in [1.82, 2.24) is 20.2 Å². The van der Waals surface area contributed by atoms with Gasteiger partial charge in [-0.2, -0.15) is 0 Å². The van der Waals surface area contributed by atoms with Crippen molar-refractivity contribution in [3.05, 3.63) is 20.8 Å². The lowest BCUT2D eigenvalue weighted by molar-refractivity contribution is -0.132. The smallest absolute Gasteiger partial charge is 0.260 e. The Labute approximate surface area is 159 Å². The third kappa shape index (κ3) is 3.93. The molecule has 9 heteroatoms. The first kappa shape index (κ1) is 18.9. The molecule has 0 spiro atoms. The number of carbonyl (C=O) groups excluding carboxylic acids is 2. The molecule has 0 saturated heterocycles. The predicted molar refractivity (Wildman–Crippen MR) is 104 cm³/mol. The fourth-order valence-electron chi connectivity index (χ4n) is 3.02. The molecule has 0 aliphatic heterocycles. The maximum absolute atomic E-state index is 12.5. The molecule has 0 saturated carbocycles. The van der Waals surface area contributed by atoms with Crippen molar-refractivity contribution in [2.75, 3.05) is 26.4 Å². The van der Waals surface area contributed by atoms with Crippen LogP contribution < -0.4 is 10.9 Å². The number of likely N-dealkylation sites (N-methyl/N-ethyl adjacent to an activating group) is 2. The zero-order valence-corrected chi connectivity index (χ0v) is 16.7. The van der Waals surface area contributed by atoms with Gasteiger partial charge in [0.1, 0.15) is 4.83 Å². The molecule has 2 N–H and O–H groups in total. The average Bonchev–Trinajstić information content (AvgIpc) is 2.96. The van der Waals surface area contributed by atoms with Crippen molar-refractivity contribution in [1.29, 1.82) is 0 Å². The fraction of sp³-hybridized carbons (Fsp3) is 0.529. The van der Waals surface area contributed by atoms with Gasteiger partial charge in [0.2, 0.25) is 11.8 Å². The van der Waals surface area contributed by atoms with Gasteiger partial charge in [0.05, 0.1) is 17.7 Å². The maximum atomic E-state index is 12.5. The molecule has 0 bridgehead atoms. The first-order valence-electron chi connectivity index (χ1n) is 8.51. The minimum Gasteiger partial charge on any atom is -0.358 e. The summed E-state index contributed by atoms with van der Waals surface area (Å²) < 4.78 is 0. The van der Waals surface area contributed by atoms with Crippen LogP contribution in [-0.2, 0) is 22.4 Å². The van der Waals surface area contributed by atoms with Gasteiger partial charge in [0.15, 0.2) is 5.16 Å². The van der Waals surface area contributed by atoms with E-state index in [0.29, 0.717) is 16.5 Å². The molecule has 0 fully saturated rings. The van der Waals surface area contributed by atoms with E-state index < -0.39 is 0 Å². The van der Waals surface area contributed by atoms with Gasteiger partial charge in [-0.3, -0.25) is 14.4 Å². The molecule has 140 valence electrons. The summed E-state index contributed by atoms with van der Waals surface area (Å²) in [5.74, 6) is 0.333. The van der Waals surface area contributed by atoms with Crippen molar-refractivity contribution in [2.24, 2.45) is 5.92 Å². The van der Waals surface area contributed by atoms with Gasteiger partial charge in [0, 0.05) is 19.0 Å². The van der Waals surface area contributed by atoms with Crippen LogP contribution in [-0.4, -0.2) is 53.1 Å². The lowest BCUT2D eigenvalue weighted by Gasteiger charge is -2.17. The number of rotatable bonds is 5. The number of fused-ring (bicyclic) bond motifs is 3. The Morgan fingerprint density at radius 3 is 2.96 bits per heavy atom. The number of thiophene rings is 1. The zero-order chi connectivity index (χ0) is 18.8. The Morgan fingerprint density at radius 2 is 2.23 bits per heavy atom. The lowest BCUT2D eigenvalue weighted by Crippen LogP contribution is -2.37. The van der Waals surface area contributed by atoms with Gasteiger partial charge >= 0.3 is 0 Å².